The number of pyridine rings is 1. The molecule has 1 heterocycles. The summed E-state index contributed by atoms with van der Waals surface area (Å²) in [6.07, 6.45) is -0.528. The van der Waals surface area contributed by atoms with Gasteiger partial charge in [-0.05, 0) is 35.7 Å². The molecule has 0 bridgehead atoms. The highest BCUT2D eigenvalue weighted by Crippen LogP contribution is 2.34. The van der Waals surface area contributed by atoms with Gasteiger partial charge in [0.15, 0.2) is 17.5 Å². The van der Waals surface area contributed by atoms with Gasteiger partial charge in [-0.25, -0.2) is 17.6 Å². The summed E-state index contributed by atoms with van der Waals surface area (Å²) in [7, 11) is 0. The van der Waals surface area contributed by atoms with E-state index in [-0.39, 0.29) is 11.3 Å². The Bertz CT molecular complexity index is 1310. The van der Waals surface area contributed by atoms with Crippen molar-refractivity contribution >= 4 is 0 Å². The Hall–Kier alpha value is -3.81. The van der Waals surface area contributed by atoms with Gasteiger partial charge in [0.2, 0.25) is 0 Å². The van der Waals surface area contributed by atoms with Crippen LogP contribution >= 0.6 is 0 Å². The van der Waals surface area contributed by atoms with E-state index in [1.807, 2.05) is 24.3 Å². The summed E-state index contributed by atoms with van der Waals surface area (Å²) < 4.78 is 87.8. The number of benzene rings is 3. The predicted molar refractivity (Wildman–Crippen MR) is 120 cm³/mol. The fourth-order valence-corrected chi connectivity index (χ4v) is 3.58. The van der Waals surface area contributed by atoms with Crippen LogP contribution in [0.1, 0.15) is 24.5 Å². The number of rotatable bonds is 7. The monoisotopic (exact) mass is 487 g/mol. The molecule has 0 atom stereocenters. The Morgan fingerprint density at radius 1 is 0.743 bits per heavy atom. The standard InChI is InChI=1S/C27H19F6NO/c1-2-3-16-4-6-17(7-5-16)19-12-24(30)26(34-15-19)18-8-10-20(11-9-18)27(32,33)35-21-13-22(28)25(31)23(29)14-21/h4-15H,2-3H2,1H3. The lowest BCUT2D eigenvalue weighted by molar-refractivity contribution is -0.185. The van der Waals surface area contributed by atoms with Crippen molar-refractivity contribution in [3.8, 4) is 28.1 Å². The highest BCUT2D eigenvalue weighted by atomic mass is 19.3. The first-order valence-corrected chi connectivity index (χ1v) is 10.7. The minimum atomic E-state index is -3.99. The molecule has 0 saturated carbocycles. The van der Waals surface area contributed by atoms with Gasteiger partial charge in [0.05, 0.1) is 5.56 Å². The molecule has 0 saturated heterocycles. The maximum absolute atomic E-state index is 14.8. The van der Waals surface area contributed by atoms with E-state index in [4.69, 9.17) is 0 Å². The van der Waals surface area contributed by atoms with E-state index in [0.717, 1.165) is 30.5 Å². The summed E-state index contributed by atoms with van der Waals surface area (Å²) in [4.78, 5) is 4.16. The van der Waals surface area contributed by atoms with Gasteiger partial charge in [-0.2, -0.15) is 8.78 Å². The lowest BCUT2D eigenvalue weighted by Gasteiger charge is -2.19. The minimum absolute atomic E-state index is 0.0326. The summed E-state index contributed by atoms with van der Waals surface area (Å²) in [5.41, 5.74) is 2.10. The van der Waals surface area contributed by atoms with Gasteiger partial charge in [0.1, 0.15) is 17.3 Å². The van der Waals surface area contributed by atoms with Crippen molar-refractivity contribution in [2.24, 2.45) is 0 Å². The van der Waals surface area contributed by atoms with Gasteiger partial charge >= 0.3 is 6.11 Å². The van der Waals surface area contributed by atoms with E-state index >= 15 is 0 Å². The molecule has 180 valence electrons. The normalized spacial score (nSPS) is 11.5. The maximum Gasteiger partial charge on any atom is 0.426 e. The number of hydrogen-bond donors (Lipinski definition) is 0. The van der Waals surface area contributed by atoms with Gasteiger partial charge < -0.3 is 4.74 Å². The quantitative estimate of drug-likeness (QED) is 0.194. The number of nitrogens with zero attached hydrogens (tertiary/aromatic N) is 1. The summed E-state index contributed by atoms with van der Waals surface area (Å²) in [5.74, 6) is -6.63. The van der Waals surface area contributed by atoms with Crippen LogP contribution in [-0.4, -0.2) is 4.98 Å². The van der Waals surface area contributed by atoms with Crippen LogP contribution in [0.25, 0.3) is 22.4 Å². The molecule has 0 fully saturated rings. The highest BCUT2D eigenvalue weighted by Gasteiger charge is 2.35. The molecular weight excluding hydrogens is 468 g/mol. The molecule has 0 spiro atoms. The van der Waals surface area contributed by atoms with Crippen LogP contribution in [0.3, 0.4) is 0 Å². The van der Waals surface area contributed by atoms with Crippen molar-refractivity contribution in [1.29, 1.82) is 0 Å². The van der Waals surface area contributed by atoms with E-state index in [9.17, 15) is 26.3 Å². The van der Waals surface area contributed by atoms with Crippen molar-refractivity contribution in [2.75, 3.05) is 0 Å². The molecule has 0 aliphatic carbocycles. The Balaban J connectivity index is 1.54. The Morgan fingerprint density at radius 3 is 1.91 bits per heavy atom. The van der Waals surface area contributed by atoms with Crippen molar-refractivity contribution < 1.29 is 31.1 Å². The Labute approximate surface area is 197 Å². The van der Waals surface area contributed by atoms with Crippen molar-refractivity contribution in [1.82, 2.24) is 4.98 Å². The third-order valence-corrected chi connectivity index (χ3v) is 5.36. The minimum Gasteiger partial charge on any atom is -0.429 e. The molecule has 0 radical (unpaired) electrons. The first kappa shape index (κ1) is 24.3. The summed E-state index contributed by atoms with van der Waals surface area (Å²) >= 11 is 0. The second-order valence-electron chi connectivity index (χ2n) is 7.90. The van der Waals surface area contributed by atoms with Crippen LogP contribution in [-0.2, 0) is 12.5 Å². The van der Waals surface area contributed by atoms with E-state index in [0.29, 0.717) is 17.7 Å². The molecule has 0 aliphatic heterocycles. The van der Waals surface area contributed by atoms with Gasteiger partial charge in [-0.3, -0.25) is 4.98 Å². The first-order valence-electron chi connectivity index (χ1n) is 10.7. The number of halogens is 6. The van der Waals surface area contributed by atoms with E-state index < -0.39 is 40.7 Å². The average molecular weight is 487 g/mol. The molecule has 8 heteroatoms. The summed E-state index contributed by atoms with van der Waals surface area (Å²) in [6.45, 7) is 2.08. The van der Waals surface area contributed by atoms with Crippen LogP contribution in [0.5, 0.6) is 5.75 Å². The Morgan fingerprint density at radius 2 is 1.34 bits per heavy atom. The zero-order chi connectivity index (χ0) is 25.2. The molecule has 3 aromatic carbocycles. The maximum atomic E-state index is 14.8. The zero-order valence-corrected chi connectivity index (χ0v) is 18.5. The number of aromatic nitrogens is 1. The number of aryl methyl sites for hydroxylation is 1. The van der Waals surface area contributed by atoms with Crippen LogP contribution < -0.4 is 4.74 Å². The molecule has 1 aromatic heterocycles. The topological polar surface area (TPSA) is 22.1 Å². The largest absolute Gasteiger partial charge is 0.429 e. The van der Waals surface area contributed by atoms with E-state index in [1.54, 1.807) is 0 Å². The number of hydrogen-bond acceptors (Lipinski definition) is 2. The molecular formula is C27H19F6NO. The van der Waals surface area contributed by atoms with E-state index in [1.165, 1.54) is 30.0 Å². The smallest absolute Gasteiger partial charge is 0.426 e. The van der Waals surface area contributed by atoms with Crippen LogP contribution in [0.15, 0.2) is 72.9 Å². The predicted octanol–water partition coefficient (Wildman–Crippen LogP) is 8.05. The van der Waals surface area contributed by atoms with Crippen LogP contribution in [0.2, 0.25) is 0 Å². The van der Waals surface area contributed by atoms with Crippen molar-refractivity contribution in [3.05, 3.63) is 107 Å². The zero-order valence-electron chi connectivity index (χ0n) is 18.5. The van der Waals surface area contributed by atoms with Crippen molar-refractivity contribution in [2.45, 2.75) is 25.9 Å². The van der Waals surface area contributed by atoms with Crippen molar-refractivity contribution in [3.63, 3.8) is 0 Å². The Kier molecular flexibility index (Phi) is 6.82. The van der Waals surface area contributed by atoms with Gasteiger partial charge in [-0.1, -0.05) is 49.7 Å². The molecule has 0 amide bonds. The molecule has 4 rings (SSSR count). The van der Waals surface area contributed by atoms with Crippen LogP contribution in [0.4, 0.5) is 26.3 Å². The lowest BCUT2D eigenvalue weighted by atomic mass is 10.0. The summed E-state index contributed by atoms with van der Waals surface area (Å²) in [5, 5.41) is 0. The summed E-state index contributed by atoms with van der Waals surface area (Å²) in [6, 6.07) is 14.1. The molecule has 0 aliphatic rings. The average Bonchev–Trinajstić information content (AvgIpc) is 2.83. The molecule has 0 N–H and O–H groups in total. The fourth-order valence-electron chi connectivity index (χ4n) is 3.58. The molecule has 35 heavy (non-hydrogen) atoms. The first-order chi connectivity index (χ1) is 16.7. The third kappa shape index (κ3) is 5.31. The third-order valence-electron chi connectivity index (χ3n) is 5.36. The molecule has 0 unspecified atom stereocenters. The molecule has 4 aromatic rings. The molecule has 2 nitrogen and oxygen atoms in total. The lowest BCUT2D eigenvalue weighted by Crippen LogP contribution is -2.22. The van der Waals surface area contributed by atoms with Gasteiger partial charge in [0.25, 0.3) is 0 Å². The fraction of sp³-hybridized carbons (Fsp3) is 0.148. The van der Waals surface area contributed by atoms with Gasteiger partial charge in [0, 0.05) is 29.5 Å². The van der Waals surface area contributed by atoms with Crippen LogP contribution in [0, 0.1) is 23.3 Å². The SMILES string of the molecule is CCCc1ccc(-c2cnc(-c3ccc(C(F)(F)Oc4cc(F)c(F)c(F)c4)cc3)c(F)c2)cc1. The van der Waals surface area contributed by atoms with E-state index in [2.05, 4.69) is 16.6 Å². The highest BCUT2D eigenvalue weighted by molar-refractivity contribution is 5.67. The number of alkyl halides is 2. The number of ether oxygens (including phenoxy) is 1. The second-order valence-corrected chi connectivity index (χ2v) is 7.90. The van der Waals surface area contributed by atoms with Gasteiger partial charge in [-0.15, -0.1) is 0 Å². The second kappa shape index (κ2) is 9.82.